The molecule has 0 amide bonds. The van der Waals surface area contributed by atoms with Crippen LogP contribution in [0.2, 0.25) is 5.02 Å². The Morgan fingerprint density at radius 2 is 1.94 bits per heavy atom. The van der Waals surface area contributed by atoms with Gasteiger partial charge in [-0.2, -0.15) is 0 Å². The first-order valence-corrected chi connectivity index (χ1v) is 5.58. The molecule has 16 heavy (non-hydrogen) atoms. The molecular weight excluding hydrogens is 236 g/mol. The topological polar surface area (TPSA) is 15.8 Å². The summed E-state index contributed by atoms with van der Waals surface area (Å²) >= 11 is 5.57. The van der Waals surface area contributed by atoms with Gasteiger partial charge in [-0.15, -0.1) is 0 Å². The van der Waals surface area contributed by atoms with Crippen LogP contribution in [0.25, 0.3) is 0 Å². The van der Waals surface area contributed by atoms with E-state index in [9.17, 15) is 8.78 Å². The summed E-state index contributed by atoms with van der Waals surface area (Å²) in [4.78, 5) is 1.69. The maximum absolute atomic E-state index is 13.6. The van der Waals surface area contributed by atoms with E-state index < -0.39 is 11.6 Å². The summed E-state index contributed by atoms with van der Waals surface area (Å²) in [7, 11) is 0. The molecule has 0 bridgehead atoms. The predicted molar refractivity (Wildman–Crippen MR) is 56.9 cm³/mol. The van der Waals surface area contributed by atoms with E-state index in [-0.39, 0.29) is 16.8 Å². The van der Waals surface area contributed by atoms with Crippen molar-refractivity contribution in [1.82, 2.24) is 0 Å². The zero-order chi connectivity index (χ0) is 11.3. The number of hydrogen-bond donors (Lipinski definition) is 0. The second kappa shape index (κ2) is 3.57. The van der Waals surface area contributed by atoms with Crippen LogP contribution in [0.4, 0.5) is 14.5 Å². The van der Waals surface area contributed by atoms with Crippen LogP contribution in [0.5, 0.6) is 0 Å². The van der Waals surface area contributed by atoms with Crippen LogP contribution in [0.15, 0.2) is 12.1 Å². The second-order valence-electron chi connectivity index (χ2n) is 4.17. The number of epoxide rings is 1. The summed E-state index contributed by atoms with van der Waals surface area (Å²) in [5.74, 6) is -1.21. The first kappa shape index (κ1) is 10.3. The van der Waals surface area contributed by atoms with Gasteiger partial charge in [0.05, 0.1) is 6.10 Å². The van der Waals surface area contributed by atoms with Crippen molar-refractivity contribution in [3.8, 4) is 0 Å². The van der Waals surface area contributed by atoms with Gasteiger partial charge in [0, 0.05) is 18.1 Å². The van der Waals surface area contributed by atoms with Crippen LogP contribution in [-0.2, 0) is 4.74 Å². The van der Waals surface area contributed by atoms with Crippen molar-refractivity contribution in [2.24, 2.45) is 0 Å². The number of fused-ring (bicyclic) bond motifs is 1. The largest absolute Gasteiger partial charge is 0.368 e. The van der Waals surface area contributed by atoms with E-state index in [1.165, 1.54) is 0 Å². The molecule has 2 saturated heterocycles. The highest BCUT2D eigenvalue weighted by atomic mass is 35.5. The monoisotopic (exact) mass is 245 g/mol. The van der Waals surface area contributed by atoms with Crippen molar-refractivity contribution in [3.05, 3.63) is 28.8 Å². The van der Waals surface area contributed by atoms with Crippen molar-refractivity contribution in [1.29, 1.82) is 0 Å². The molecule has 5 heteroatoms. The van der Waals surface area contributed by atoms with Gasteiger partial charge in [0.1, 0.15) is 11.8 Å². The fraction of sp³-hybridized carbons (Fsp3) is 0.455. The summed E-state index contributed by atoms with van der Waals surface area (Å²) in [5.41, 5.74) is 0.0124. The van der Waals surface area contributed by atoms with E-state index in [2.05, 4.69) is 0 Å². The third-order valence-corrected chi connectivity index (χ3v) is 3.29. The summed E-state index contributed by atoms with van der Waals surface area (Å²) < 4.78 is 32.6. The fourth-order valence-corrected chi connectivity index (χ4v) is 2.42. The van der Waals surface area contributed by atoms with Gasteiger partial charge in [0.15, 0.2) is 11.6 Å². The first-order valence-electron chi connectivity index (χ1n) is 5.20. The number of nitrogens with zero attached hydrogens (tertiary/aromatic N) is 1. The molecule has 1 aromatic rings. The Bertz CT molecular complexity index is 417. The van der Waals surface area contributed by atoms with Crippen molar-refractivity contribution < 1.29 is 13.5 Å². The highest BCUT2D eigenvalue weighted by Gasteiger charge is 2.44. The maximum atomic E-state index is 13.6. The lowest BCUT2D eigenvalue weighted by Crippen LogP contribution is -2.35. The molecule has 0 saturated carbocycles. The number of ether oxygens (including phenoxy) is 1. The molecule has 2 aliphatic rings. The summed E-state index contributed by atoms with van der Waals surface area (Å²) in [6, 6.07) is 2.28. The zero-order valence-corrected chi connectivity index (χ0v) is 9.18. The van der Waals surface area contributed by atoms with E-state index in [1.54, 1.807) is 4.90 Å². The second-order valence-corrected chi connectivity index (χ2v) is 4.60. The average molecular weight is 246 g/mol. The minimum Gasteiger partial charge on any atom is -0.368 e. The Morgan fingerprint density at radius 1 is 1.25 bits per heavy atom. The Kier molecular flexibility index (Phi) is 2.30. The Labute approximate surface area is 96.8 Å². The van der Waals surface area contributed by atoms with Crippen LogP contribution in [0, 0.1) is 11.6 Å². The first-order chi connectivity index (χ1) is 7.65. The molecule has 2 fully saturated rings. The zero-order valence-electron chi connectivity index (χ0n) is 8.42. The highest BCUT2D eigenvalue weighted by molar-refractivity contribution is 6.30. The molecule has 86 valence electrons. The molecule has 1 aromatic carbocycles. The van der Waals surface area contributed by atoms with E-state index in [0.717, 1.165) is 18.6 Å². The van der Waals surface area contributed by atoms with Gasteiger partial charge in [0.2, 0.25) is 0 Å². The van der Waals surface area contributed by atoms with E-state index >= 15 is 0 Å². The maximum Gasteiger partial charge on any atom is 0.151 e. The molecule has 2 heterocycles. The molecule has 2 nitrogen and oxygen atoms in total. The number of anilines is 1. The van der Waals surface area contributed by atoms with Crippen LogP contribution >= 0.6 is 11.6 Å². The van der Waals surface area contributed by atoms with Gasteiger partial charge in [-0.3, -0.25) is 0 Å². The molecule has 0 N–H and O–H groups in total. The minimum absolute atomic E-state index is 0.0124. The summed E-state index contributed by atoms with van der Waals surface area (Å²) in [6.07, 6.45) is 1.27. The average Bonchev–Trinajstić information content (AvgIpc) is 2.93. The SMILES string of the molecule is Fc1cc(Cl)cc(F)c1N1CCC2O[C@@H]2C1. The molecule has 0 aliphatic carbocycles. The molecule has 0 spiro atoms. The number of rotatable bonds is 1. The predicted octanol–water partition coefficient (Wildman–Crippen LogP) is 2.60. The van der Waals surface area contributed by atoms with Crippen molar-refractivity contribution in [3.63, 3.8) is 0 Å². The third kappa shape index (κ3) is 1.66. The lowest BCUT2D eigenvalue weighted by Gasteiger charge is -2.27. The summed E-state index contributed by atoms with van der Waals surface area (Å²) in [5, 5.41) is 0.0799. The van der Waals surface area contributed by atoms with Crippen LogP contribution < -0.4 is 4.90 Å². The smallest absolute Gasteiger partial charge is 0.151 e. The van der Waals surface area contributed by atoms with Crippen LogP contribution in [0.1, 0.15) is 6.42 Å². The number of halogens is 3. The van der Waals surface area contributed by atoms with Crippen LogP contribution in [-0.4, -0.2) is 25.3 Å². The Balaban J connectivity index is 1.93. The van der Waals surface area contributed by atoms with Crippen molar-refractivity contribution in [2.45, 2.75) is 18.6 Å². The van der Waals surface area contributed by atoms with E-state index in [1.807, 2.05) is 0 Å². The van der Waals surface area contributed by atoms with Gasteiger partial charge in [0.25, 0.3) is 0 Å². The molecule has 2 atom stereocenters. The number of benzene rings is 1. The summed E-state index contributed by atoms with van der Waals surface area (Å²) in [6.45, 7) is 1.18. The lowest BCUT2D eigenvalue weighted by molar-refractivity contribution is 0.379. The normalized spacial score (nSPS) is 27.8. The van der Waals surface area contributed by atoms with Gasteiger partial charge < -0.3 is 9.64 Å². The number of piperidine rings is 1. The molecule has 2 aliphatic heterocycles. The lowest BCUT2D eigenvalue weighted by atomic mass is 10.1. The third-order valence-electron chi connectivity index (χ3n) is 3.07. The van der Waals surface area contributed by atoms with Crippen molar-refractivity contribution >= 4 is 17.3 Å². The Morgan fingerprint density at radius 3 is 2.56 bits per heavy atom. The van der Waals surface area contributed by atoms with Gasteiger partial charge in [-0.05, 0) is 18.6 Å². The van der Waals surface area contributed by atoms with E-state index in [4.69, 9.17) is 16.3 Å². The molecule has 0 radical (unpaired) electrons. The quantitative estimate of drug-likeness (QED) is 0.707. The molecule has 3 rings (SSSR count). The molecule has 0 aromatic heterocycles. The van der Waals surface area contributed by atoms with Gasteiger partial charge >= 0.3 is 0 Å². The fourth-order valence-electron chi connectivity index (χ4n) is 2.23. The standard InChI is InChI=1S/C11H10ClF2NO/c12-6-3-7(13)11(8(14)4-6)15-2-1-9-10(5-15)16-9/h3-4,9-10H,1-2,5H2/t9?,10-/m1/s1. The highest BCUT2D eigenvalue weighted by Crippen LogP contribution is 2.35. The minimum atomic E-state index is -0.607. The van der Waals surface area contributed by atoms with Crippen LogP contribution in [0.3, 0.4) is 0 Å². The molecule has 1 unspecified atom stereocenters. The van der Waals surface area contributed by atoms with Gasteiger partial charge in [-0.1, -0.05) is 11.6 Å². The van der Waals surface area contributed by atoms with E-state index in [0.29, 0.717) is 19.2 Å². The molecular formula is C11H10ClF2NO. The number of hydrogen-bond acceptors (Lipinski definition) is 2. The van der Waals surface area contributed by atoms with Crippen molar-refractivity contribution in [2.75, 3.05) is 18.0 Å². The Hall–Kier alpha value is -0.870. The van der Waals surface area contributed by atoms with Gasteiger partial charge in [-0.25, -0.2) is 8.78 Å².